The Bertz CT molecular complexity index is 894. The van der Waals surface area contributed by atoms with E-state index in [2.05, 4.69) is 31.3 Å². The summed E-state index contributed by atoms with van der Waals surface area (Å²) >= 11 is 0. The first-order valence-corrected chi connectivity index (χ1v) is 29.0. The Labute approximate surface area is 395 Å². The lowest BCUT2D eigenvalue weighted by Crippen LogP contribution is -2.50. The van der Waals surface area contributed by atoms with Crippen LogP contribution in [0.4, 0.5) is 0 Å². The van der Waals surface area contributed by atoms with Crippen LogP contribution in [0.2, 0.25) is 0 Å². The van der Waals surface area contributed by atoms with Gasteiger partial charge in [0.2, 0.25) is 5.91 Å². The van der Waals surface area contributed by atoms with Crippen molar-refractivity contribution in [3.8, 4) is 0 Å². The van der Waals surface area contributed by atoms with Gasteiger partial charge in [-0.2, -0.15) is 0 Å². The highest BCUT2D eigenvalue weighted by molar-refractivity contribution is 5.76. The van der Waals surface area contributed by atoms with E-state index in [0.717, 1.165) is 38.5 Å². The normalized spacial score (nSPS) is 13.3. The number of carbonyl (C=O) groups excluding carboxylic acids is 1. The summed E-state index contributed by atoms with van der Waals surface area (Å²) in [6.07, 6.45) is 66.8. The van der Waals surface area contributed by atoms with E-state index in [1.165, 1.54) is 263 Å². The zero-order chi connectivity index (χ0) is 45.8. The summed E-state index contributed by atoms with van der Waals surface area (Å²) in [4.78, 5) is 12.5. The van der Waals surface area contributed by atoms with Crippen LogP contribution in [0.1, 0.15) is 328 Å². The summed E-state index contributed by atoms with van der Waals surface area (Å²) in [6, 6.07) is -0.822. The molecule has 0 fully saturated rings. The van der Waals surface area contributed by atoms with E-state index in [9.17, 15) is 20.1 Å². The Morgan fingerprint density at radius 1 is 0.381 bits per heavy atom. The number of hydrogen-bond donors (Lipinski definition) is 4. The molecule has 0 aromatic rings. The predicted molar refractivity (Wildman–Crippen MR) is 278 cm³/mol. The molecule has 0 heterocycles. The van der Waals surface area contributed by atoms with E-state index >= 15 is 0 Å². The second-order valence-electron chi connectivity index (χ2n) is 20.2. The first kappa shape index (κ1) is 62.1. The predicted octanol–water partition coefficient (Wildman–Crippen LogP) is 17.9. The summed E-state index contributed by atoms with van der Waals surface area (Å²) in [7, 11) is 0. The van der Waals surface area contributed by atoms with Gasteiger partial charge in [-0.25, -0.2) is 0 Å². The van der Waals surface area contributed by atoms with Crippen LogP contribution in [0.25, 0.3) is 0 Å². The van der Waals surface area contributed by atoms with Gasteiger partial charge in [-0.1, -0.05) is 296 Å². The van der Waals surface area contributed by atoms with Crippen LogP contribution in [-0.2, 0) is 4.79 Å². The Morgan fingerprint density at radius 2 is 0.635 bits per heavy atom. The molecule has 0 bridgehead atoms. The number of hydrogen-bond acceptors (Lipinski definition) is 4. The van der Waals surface area contributed by atoms with Crippen LogP contribution in [-0.4, -0.2) is 46.1 Å². The van der Waals surface area contributed by atoms with Gasteiger partial charge in [0, 0.05) is 6.42 Å². The summed E-state index contributed by atoms with van der Waals surface area (Å²) in [5.74, 6) is -0.147. The summed E-state index contributed by atoms with van der Waals surface area (Å²) in [6.45, 7) is 4.19. The molecule has 63 heavy (non-hydrogen) atoms. The van der Waals surface area contributed by atoms with Gasteiger partial charge in [0.1, 0.15) is 6.10 Å². The average molecular weight is 891 g/mol. The maximum atomic E-state index is 12.5. The SMILES string of the molecule is CCCCCCCCCCC/C=C/CCCC(O)C(O)C(CO)NC(=O)CCCCCCCCCCCCCCCCCCCCCCCCCCCCCCCCCCCCC. The Kier molecular flexibility index (Phi) is 52.9. The molecule has 1 amide bonds. The van der Waals surface area contributed by atoms with Crippen molar-refractivity contribution >= 4 is 5.91 Å². The smallest absolute Gasteiger partial charge is 0.220 e. The van der Waals surface area contributed by atoms with Crippen molar-refractivity contribution in [2.75, 3.05) is 6.61 Å². The molecule has 0 aromatic heterocycles. The fourth-order valence-corrected chi connectivity index (χ4v) is 9.40. The number of nitrogens with one attached hydrogen (secondary N) is 1. The van der Waals surface area contributed by atoms with E-state index in [-0.39, 0.29) is 12.5 Å². The molecule has 4 N–H and O–H groups in total. The minimum atomic E-state index is -1.15. The molecule has 0 aliphatic rings. The lowest BCUT2D eigenvalue weighted by atomic mass is 10.0. The molecule has 0 radical (unpaired) electrons. The monoisotopic (exact) mass is 890 g/mol. The molecule has 0 aliphatic heterocycles. The van der Waals surface area contributed by atoms with Gasteiger partial charge in [-0.05, 0) is 38.5 Å². The first-order chi connectivity index (χ1) is 31.1. The average Bonchev–Trinajstić information content (AvgIpc) is 3.29. The van der Waals surface area contributed by atoms with Crippen molar-refractivity contribution in [2.24, 2.45) is 0 Å². The lowest BCUT2D eigenvalue weighted by Gasteiger charge is -2.26. The minimum Gasteiger partial charge on any atom is -0.394 e. The molecule has 376 valence electrons. The summed E-state index contributed by atoms with van der Waals surface area (Å²) < 4.78 is 0. The largest absolute Gasteiger partial charge is 0.394 e. The third kappa shape index (κ3) is 48.8. The van der Waals surface area contributed by atoms with Gasteiger partial charge in [0.25, 0.3) is 0 Å². The van der Waals surface area contributed by atoms with Crippen molar-refractivity contribution < 1.29 is 20.1 Å². The highest BCUT2D eigenvalue weighted by atomic mass is 16.3. The molecule has 0 spiro atoms. The molecular formula is C58H115NO4. The molecule has 0 saturated carbocycles. The van der Waals surface area contributed by atoms with Crippen molar-refractivity contribution in [2.45, 2.75) is 347 Å². The van der Waals surface area contributed by atoms with Gasteiger partial charge >= 0.3 is 0 Å². The van der Waals surface area contributed by atoms with E-state index in [1.807, 2.05) is 0 Å². The number of amides is 1. The maximum Gasteiger partial charge on any atom is 0.220 e. The number of aliphatic hydroxyl groups excluding tert-OH is 3. The van der Waals surface area contributed by atoms with Crippen LogP contribution in [0, 0.1) is 0 Å². The molecule has 3 unspecified atom stereocenters. The zero-order valence-corrected chi connectivity index (χ0v) is 43.0. The highest BCUT2D eigenvalue weighted by Crippen LogP contribution is 2.18. The Balaban J connectivity index is 3.43. The van der Waals surface area contributed by atoms with E-state index in [4.69, 9.17) is 0 Å². The van der Waals surface area contributed by atoms with Crippen molar-refractivity contribution in [1.82, 2.24) is 5.32 Å². The first-order valence-electron chi connectivity index (χ1n) is 29.0. The number of allylic oxidation sites excluding steroid dienone is 2. The van der Waals surface area contributed by atoms with E-state index in [0.29, 0.717) is 12.8 Å². The van der Waals surface area contributed by atoms with Crippen LogP contribution >= 0.6 is 0 Å². The third-order valence-electron chi connectivity index (χ3n) is 13.9. The van der Waals surface area contributed by atoms with E-state index < -0.39 is 18.2 Å². The van der Waals surface area contributed by atoms with Gasteiger partial charge in [0.15, 0.2) is 0 Å². The molecule has 0 aliphatic carbocycles. The summed E-state index contributed by atoms with van der Waals surface area (Å²) in [5.41, 5.74) is 0. The van der Waals surface area contributed by atoms with E-state index in [1.54, 1.807) is 0 Å². The van der Waals surface area contributed by atoms with Crippen LogP contribution in [0.3, 0.4) is 0 Å². The maximum absolute atomic E-state index is 12.5. The number of rotatable bonds is 54. The van der Waals surface area contributed by atoms with Crippen LogP contribution in [0.5, 0.6) is 0 Å². The van der Waals surface area contributed by atoms with Gasteiger partial charge in [-0.15, -0.1) is 0 Å². The van der Waals surface area contributed by atoms with Gasteiger partial charge < -0.3 is 20.6 Å². The van der Waals surface area contributed by atoms with Crippen molar-refractivity contribution in [1.29, 1.82) is 0 Å². The molecule has 5 nitrogen and oxygen atoms in total. The minimum absolute atomic E-state index is 0.147. The molecule has 3 atom stereocenters. The fraction of sp³-hybridized carbons (Fsp3) is 0.948. The molecule has 0 aromatic carbocycles. The lowest BCUT2D eigenvalue weighted by molar-refractivity contribution is -0.124. The zero-order valence-electron chi connectivity index (χ0n) is 43.0. The quantitative estimate of drug-likeness (QED) is 0.0362. The van der Waals surface area contributed by atoms with Crippen LogP contribution < -0.4 is 5.32 Å². The second-order valence-corrected chi connectivity index (χ2v) is 20.2. The number of aliphatic hydroxyl groups is 3. The Morgan fingerprint density at radius 3 is 0.921 bits per heavy atom. The topological polar surface area (TPSA) is 89.8 Å². The second kappa shape index (κ2) is 53.7. The standard InChI is InChI=1S/C58H115NO4/c1-3-5-7-9-11-13-15-17-19-20-21-22-23-24-25-26-27-28-29-30-31-32-33-34-35-36-37-38-39-41-43-45-47-49-51-53-57(62)59-55(54-60)58(63)56(61)52-50-48-46-44-42-40-18-16-14-12-10-8-6-4-2/h44,46,55-56,58,60-61,63H,3-43,45,47-54H2,1-2H3,(H,59,62)/b46-44+. The Hall–Kier alpha value is -0.910. The molecule has 0 rings (SSSR count). The fourth-order valence-electron chi connectivity index (χ4n) is 9.40. The highest BCUT2D eigenvalue weighted by Gasteiger charge is 2.26. The van der Waals surface area contributed by atoms with Gasteiger partial charge in [-0.3, -0.25) is 4.79 Å². The molecule has 0 saturated heterocycles. The van der Waals surface area contributed by atoms with Crippen molar-refractivity contribution in [3.63, 3.8) is 0 Å². The molecular weight excluding hydrogens is 775 g/mol. The summed E-state index contributed by atoms with van der Waals surface area (Å²) in [5, 5.41) is 33.6. The van der Waals surface area contributed by atoms with Crippen molar-refractivity contribution in [3.05, 3.63) is 12.2 Å². The third-order valence-corrected chi connectivity index (χ3v) is 13.9. The van der Waals surface area contributed by atoms with Crippen LogP contribution in [0.15, 0.2) is 12.2 Å². The van der Waals surface area contributed by atoms with Gasteiger partial charge in [0.05, 0.1) is 18.8 Å². The molecule has 5 heteroatoms. The number of carbonyl (C=O) groups is 1. The number of unbranched alkanes of at least 4 members (excludes halogenated alkanes) is 44.